The molecule has 0 aliphatic rings. The van der Waals surface area contributed by atoms with Crippen LogP contribution in [0.5, 0.6) is 5.75 Å². The van der Waals surface area contributed by atoms with Crippen LogP contribution in [0.15, 0.2) is 12.1 Å². The van der Waals surface area contributed by atoms with Crippen molar-refractivity contribution in [2.24, 2.45) is 5.92 Å². The van der Waals surface area contributed by atoms with Gasteiger partial charge in [-0.3, -0.25) is 4.79 Å². The fraction of sp³-hybridized carbons (Fsp3) is 0.562. The van der Waals surface area contributed by atoms with Crippen LogP contribution in [-0.2, 0) is 9.53 Å². The number of aliphatic hydroxyl groups is 1. The Hall–Kier alpha value is -1.55. The molecule has 2 atom stereocenters. The number of hydrogen-bond donors (Lipinski definition) is 2. The van der Waals surface area contributed by atoms with Gasteiger partial charge in [-0.2, -0.15) is 0 Å². The van der Waals surface area contributed by atoms with E-state index in [0.29, 0.717) is 16.7 Å². The van der Waals surface area contributed by atoms with E-state index < -0.39 is 23.6 Å². The van der Waals surface area contributed by atoms with Crippen LogP contribution >= 0.6 is 0 Å². The molecule has 0 spiro atoms. The van der Waals surface area contributed by atoms with Gasteiger partial charge in [0.2, 0.25) is 0 Å². The molecule has 0 saturated carbocycles. The summed E-state index contributed by atoms with van der Waals surface area (Å²) in [5, 5.41) is 20.1. The minimum absolute atomic E-state index is 0.214. The number of hydrogen-bond acceptors (Lipinski definition) is 4. The molecule has 20 heavy (non-hydrogen) atoms. The molecule has 1 aromatic carbocycles. The van der Waals surface area contributed by atoms with Gasteiger partial charge in [0, 0.05) is 0 Å². The van der Waals surface area contributed by atoms with Crippen molar-refractivity contribution in [3.05, 3.63) is 28.8 Å². The van der Waals surface area contributed by atoms with E-state index in [1.165, 1.54) is 0 Å². The first-order valence-electron chi connectivity index (χ1n) is 6.74. The molecule has 4 nitrogen and oxygen atoms in total. The Morgan fingerprint density at radius 2 is 1.65 bits per heavy atom. The standard InChI is InChI=1S/C16H24O4/c1-9-7-12(8-10(2)13(9)17)14(18)11(3)15(19)20-16(4,5)6/h7-8,11,14,17-18H,1-6H3. The molecule has 0 amide bonds. The highest BCUT2D eigenvalue weighted by atomic mass is 16.6. The van der Waals surface area contributed by atoms with Crippen molar-refractivity contribution in [3.8, 4) is 5.75 Å². The average Bonchev–Trinajstić information content (AvgIpc) is 2.31. The summed E-state index contributed by atoms with van der Waals surface area (Å²) >= 11 is 0. The number of aliphatic hydroxyl groups excluding tert-OH is 1. The predicted octanol–water partition coefficient (Wildman–Crippen LogP) is 3.02. The van der Waals surface area contributed by atoms with Crippen molar-refractivity contribution in [1.82, 2.24) is 0 Å². The number of aryl methyl sites for hydroxylation is 2. The summed E-state index contributed by atoms with van der Waals surface area (Å²) in [7, 11) is 0. The average molecular weight is 280 g/mol. The van der Waals surface area contributed by atoms with Crippen molar-refractivity contribution in [1.29, 1.82) is 0 Å². The van der Waals surface area contributed by atoms with Crippen molar-refractivity contribution >= 4 is 5.97 Å². The Labute approximate surface area is 120 Å². The topological polar surface area (TPSA) is 66.8 Å². The van der Waals surface area contributed by atoms with Gasteiger partial charge >= 0.3 is 5.97 Å². The van der Waals surface area contributed by atoms with Gasteiger partial charge in [0.15, 0.2) is 0 Å². The SMILES string of the molecule is Cc1cc(C(O)C(C)C(=O)OC(C)(C)C)cc(C)c1O. The maximum Gasteiger partial charge on any atom is 0.312 e. The lowest BCUT2D eigenvalue weighted by Gasteiger charge is -2.25. The highest BCUT2D eigenvalue weighted by Crippen LogP contribution is 2.30. The van der Waals surface area contributed by atoms with Gasteiger partial charge < -0.3 is 14.9 Å². The summed E-state index contributed by atoms with van der Waals surface area (Å²) in [5.41, 5.74) is 1.38. The fourth-order valence-corrected chi connectivity index (χ4v) is 1.97. The molecular weight excluding hydrogens is 256 g/mol. The maximum atomic E-state index is 12.0. The number of rotatable bonds is 3. The van der Waals surface area contributed by atoms with Gasteiger partial charge in [-0.05, 0) is 70.4 Å². The van der Waals surface area contributed by atoms with E-state index in [-0.39, 0.29) is 5.75 Å². The number of phenolic OH excluding ortho intramolecular Hbond substituents is 1. The lowest BCUT2D eigenvalue weighted by atomic mass is 9.94. The number of phenols is 1. The summed E-state index contributed by atoms with van der Waals surface area (Å²) in [6, 6.07) is 3.38. The zero-order valence-electron chi connectivity index (χ0n) is 13.0. The number of carbonyl (C=O) groups is 1. The van der Waals surface area contributed by atoms with E-state index in [1.807, 2.05) is 0 Å². The second kappa shape index (κ2) is 5.83. The van der Waals surface area contributed by atoms with Crippen LogP contribution in [0.1, 0.15) is 50.5 Å². The second-order valence-corrected chi connectivity index (χ2v) is 6.27. The van der Waals surface area contributed by atoms with Gasteiger partial charge in [-0.25, -0.2) is 0 Å². The summed E-state index contributed by atoms with van der Waals surface area (Å²) in [5.74, 6) is -0.892. The number of esters is 1. The molecule has 0 bridgehead atoms. The van der Waals surface area contributed by atoms with Gasteiger partial charge in [-0.1, -0.05) is 0 Å². The highest BCUT2D eigenvalue weighted by Gasteiger charge is 2.28. The molecule has 2 unspecified atom stereocenters. The number of aromatic hydroxyl groups is 1. The molecule has 112 valence electrons. The molecule has 1 rings (SSSR count). The van der Waals surface area contributed by atoms with Crippen LogP contribution in [0, 0.1) is 19.8 Å². The Balaban J connectivity index is 2.95. The van der Waals surface area contributed by atoms with Crippen LogP contribution in [-0.4, -0.2) is 21.8 Å². The lowest BCUT2D eigenvalue weighted by Crippen LogP contribution is -2.30. The molecular formula is C16H24O4. The lowest BCUT2D eigenvalue weighted by molar-refractivity contribution is -0.163. The largest absolute Gasteiger partial charge is 0.507 e. The third-order valence-electron chi connectivity index (χ3n) is 3.11. The van der Waals surface area contributed by atoms with E-state index in [1.54, 1.807) is 53.7 Å². The Morgan fingerprint density at radius 3 is 2.05 bits per heavy atom. The summed E-state index contributed by atoms with van der Waals surface area (Å²) in [6.07, 6.45) is -0.956. The normalized spacial score (nSPS) is 14.8. The Kier molecular flexibility index (Phi) is 4.81. The molecule has 0 radical (unpaired) electrons. The highest BCUT2D eigenvalue weighted by molar-refractivity contribution is 5.73. The molecule has 1 aromatic rings. The fourth-order valence-electron chi connectivity index (χ4n) is 1.97. The van der Waals surface area contributed by atoms with Gasteiger partial charge in [-0.15, -0.1) is 0 Å². The first-order valence-corrected chi connectivity index (χ1v) is 6.74. The quantitative estimate of drug-likeness (QED) is 0.835. The molecule has 2 N–H and O–H groups in total. The molecule has 0 aromatic heterocycles. The van der Waals surface area contributed by atoms with Crippen molar-refractivity contribution in [3.63, 3.8) is 0 Å². The van der Waals surface area contributed by atoms with Crippen molar-refractivity contribution in [2.45, 2.75) is 53.2 Å². The number of benzene rings is 1. The molecule has 4 heteroatoms. The minimum atomic E-state index is -0.956. The molecule has 0 heterocycles. The van der Waals surface area contributed by atoms with Crippen molar-refractivity contribution in [2.75, 3.05) is 0 Å². The van der Waals surface area contributed by atoms with Crippen LogP contribution < -0.4 is 0 Å². The molecule has 0 aliphatic heterocycles. The first-order chi connectivity index (χ1) is 9.03. The first kappa shape index (κ1) is 16.5. The van der Waals surface area contributed by atoms with Crippen LogP contribution in [0.4, 0.5) is 0 Å². The van der Waals surface area contributed by atoms with Crippen LogP contribution in [0.3, 0.4) is 0 Å². The van der Waals surface area contributed by atoms with Gasteiger partial charge in [0.1, 0.15) is 11.4 Å². The third-order valence-corrected chi connectivity index (χ3v) is 3.11. The zero-order valence-corrected chi connectivity index (χ0v) is 13.0. The van der Waals surface area contributed by atoms with Crippen LogP contribution in [0.25, 0.3) is 0 Å². The number of ether oxygens (including phenoxy) is 1. The van der Waals surface area contributed by atoms with Crippen LogP contribution in [0.2, 0.25) is 0 Å². The number of carbonyl (C=O) groups excluding carboxylic acids is 1. The maximum absolute atomic E-state index is 12.0. The third kappa shape index (κ3) is 3.97. The predicted molar refractivity (Wildman–Crippen MR) is 77.5 cm³/mol. The van der Waals surface area contributed by atoms with Gasteiger partial charge in [0.25, 0.3) is 0 Å². The van der Waals surface area contributed by atoms with E-state index in [0.717, 1.165) is 0 Å². The van der Waals surface area contributed by atoms with E-state index in [2.05, 4.69) is 0 Å². The van der Waals surface area contributed by atoms with Gasteiger partial charge in [0.05, 0.1) is 12.0 Å². The van der Waals surface area contributed by atoms with E-state index in [4.69, 9.17) is 4.74 Å². The molecule has 0 aliphatic carbocycles. The summed E-state index contributed by atoms with van der Waals surface area (Å²) in [6.45, 7) is 10.5. The smallest absolute Gasteiger partial charge is 0.312 e. The summed E-state index contributed by atoms with van der Waals surface area (Å²) in [4.78, 5) is 12.0. The van der Waals surface area contributed by atoms with E-state index >= 15 is 0 Å². The Morgan fingerprint density at radius 1 is 1.20 bits per heavy atom. The monoisotopic (exact) mass is 280 g/mol. The van der Waals surface area contributed by atoms with Crippen molar-refractivity contribution < 1.29 is 19.7 Å². The summed E-state index contributed by atoms with van der Waals surface area (Å²) < 4.78 is 5.28. The van der Waals surface area contributed by atoms with E-state index in [9.17, 15) is 15.0 Å². The minimum Gasteiger partial charge on any atom is -0.507 e. The Bertz CT molecular complexity index is 477. The zero-order chi connectivity index (χ0) is 15.7. The molecule has 0 fully saturated rings. The second-order valence-electron chi connectivity index (χ2n) is 6.27. The molecule has 0 saturated heterocycles.